The predicted molar refractivity (Wildman–Crippen MR) is 57.0 cm³/mol. The van der Waals surface area contributed by atoms with Gasteiger partial charge in [-0.25, -0.2) is 9.59 Å². The third-order valence-electron chi connectivity index (χ3n) is 2.54. The summed E-state index contributed by atoms with van der Waals surface area (Å²) < 4.78 is 4.39. The summed E-state index contributed by atoms with van der Waals surface area (Å²) in [6.07, 6.45) is 0. The predicted octanol–water partition coefficient (Wildman–Crippen LogP) is -0.759. The summed E-state index contributed by atoms with van der Waals surface area (Å²) in [6.45, 7) is 3.83. The van der Waals surface area contributed by atoms with Gasteiger partial charge in [0.05, 0.1) is 13.7 Å². The molecule has 2 N–H and O–H groups in total. The molecule has 7 nitrogen and oxygen atoms in total. The fraction of sp³-hybridized carbons (Fsp3) is 0.700. The van der Waals surface area contributed by atoms with Gasteiger partial charge in [0.25, 0.3) is 5.91 Å². The van der Waals surface area contributed by atoms with Crippen molar-refractivity contribution in [3.8, 4) is 0 Å². The number of imide groups is 1. The summed E-state index contributed by atoms with van der Waals surface area (Å²) in [6, 6.07) is -0.635. The SMILES string of the molecule is COC(=O)C(C)(O)CN1C(=O)NC(C)(C)C1=O. The van der Waals surface area contributed by atoms with Crippen LogP contribution < -0.4 is 5.32 Å². The highest BCUT2D eigenvalue weighted by Crippen LogP contribution is 2.19. The molecule has 0 aliphatic carbocycles. The van der Waals surface area contributed by atoms with Crippen LogP contribution in [0, 0.1) is 0 Å². The van der Waals surface area contributed by atoms with Crippen LogP contribution >= 0.6 is 0 Å². The lowest BCUT2D eigenvalue weighted by Crippen LogP contribution is -2.50. The molecule has 0 spiro atoms. The summed E-state index contributed by atoms with van der Waals surface area (Å²) >= 11 is 0. The van der Waals surface area contributed by atoms with Crippen molar-refractivity contribution < 1.29 is 24.2 Å². The number of hydrogen-bond donors (Lipinski definition) is 2. The first-order valence-corrected chi connectivity index (χ1v) is 5.07. The number of methoxy groups -OCH3 is 1. The number of β-amino-alcohol motifs (C(OH)–C–C–N with tert-alkyl or cyclic N) is 1. The standard InChI is InChI=1S/C10H16N2O5/c1-9(2)6(13)12(8(15)11-9)5-10(3,16)7(14)17-4/h16H,5H2,1-4H3,(H,11,15). The second-order valence-corrected chi connectivity index (χ2v) is 4.71. The van der Waals surface area contributed by atoms with Crippen LogP contribution in [0.25, 0.3) is 0 Å². The topological polar surface area (TPSA) is 95.9 Å². The summed E-state index contributed by atoms with van der Waals surface area (Å²) in [4.78, 5) is 35.4. The molecular weight excluding hydrogens is 228 g/mol. The van der Waals surface area contributed by atoms with E-state index < -0.39 is 35.6 Å². The fourth-order valence-electron chi connectivity index (χ4n) is 1.55. The Bertz CT molecular complexity index is 375. The third-order valence-corrected chi connectivity index (χ3v) is 2.54. The molecule has 1 fully saturated rings. The molecule has 1 unspecified atom stereocenters. The molecular formula is C10H16N2O5. The Morgan fingerprint density at radius 1 is 1.53 bits per heavy atom. The van der Waals surface area contributed by atoms with Crippen LogP contribution in [-0.2, 0) is 14.3 Å². The molecule has 3 amide bonds. The summed E-state index contributed by atoms with van der Waals surface area (Å²) in [5, 5.41) is 12.2. The number of ether oxygens (including phenoxy) is 1. The Balaban J connectivity index is 2.86. The number of carbonyl (C=O) groups is 3. The quantitative estimate of drug-likeness (QED) is 0.502. The van der Waals surface area contributed by atoms with Crippen LogP contribution in [0.2, 0.25) is 0 Å². The summed E-state index contributed by atoms with van der Waals surface area (Å²) in [7, 11) is 1.12. The number of nitrogens with one attached hydrogen (secondary N) is 1. The summed E-state index contributed by atoms with van der Waals surface area (Å²) in [5.74, 6) is -1.39. The largest absolute Gasteiger partial charge is 0.467 e. The van der Waals surface area contributed by atoms with Crippen molar-refractivity contribution in [1.29, 1.82) is 0 Å². The zero-order valence-corrected chi connectivity index (χ0v) is 10.2. The molecule has 1 heterocycles. The van der Waals surface area contributed by atoms with Gasteiger partial charge in [-0.05, 0) is 20.8 Å². The molecule has 96 valence electrons. The van der Waals surface area contributed by atoms with Crippen molar-refractivity contribution >= 4 is 17.9 Å². The Hall–Kier alpha value is -1.63. The minimum Gasteiger partial charge on any atom is -0.467 e. The average Bonchev–Trinajstić information content (AvgIpc) is 2.39. The Morgan fingerprint density at radius 3 is 2.41 bits per heavy atom. The molecule has 1 aliphatic rings. The van der Waals surface area contributed by atoms with Crippen molar-refractivity contribution in [2.75, 3.05) is 13.7 Å². The normalized spacial score (nSPS) is 22.1. The number of carbonyl (C=O) groups excluding carboxylic acids is 3. The lowest BCUT2D eigenvalue weighted by molar-refractivity contribution is -0.162. The van der Waals surface area contributed by atoms with Crippen molar-refractivity contribution in [1.82, 2.24) is 10.2 Å². The number of rotatable bonds is 3. The number of aliphatic hydroxyl groups is 1. The minimum absolute atomic E-state index is 0.437. The monoisotopic (exact) mass is 244 g/mol. The van der Waals surface area contributed by atoms with Crippen molar-refractivity contribution in [3.05, 3.63) is 0 Å². The highest BCUT2D eigenvalue weighted by Gasteiger charge is 2.48. The highest BCUT2D eigenvalue weighted by atomic mass is 16.5. The van der Waals surface area contributed by atoms with Crippen molar-refractivity contribution in [3.63, 3.8) is 0 Å². The number of nitrogens with zero attached hydrogens (tertiary/aromatic N) is 1. The first-order valence-electron chi connectivity index (χ1n) is 5.07. The molecule has 0 radical (unpaired) electrons. The van der Waals surface area contributed by atoms with E-state index in [1.54, 1.807) is 13.8 Å². The first-order chi connectivity index (χ1) is 7.62. The third kappa shape index (κ3) is 2.38. The molecule has 0 aromatic rings. The van der Waals surface area contributed by atoms with E-state index in [9.17, 15) is 19.5 Å². The van der Waals surface area contributed by atoms with Gasteiger partial charge in [0.15, 0.2) is 5.60 Å². The van der Waals surface area contributed by atoms with E-state index in [2.05, 4.69) is 10.1 Å². The Morgan fingerprint density at radius 2 is 2.06 bits per heavy atom. The van der Waals surface area contributed by atoms with E-state index in [-0.39, 0.29) is 0 Å². The molecule has 1 atom stereocenters. The van der Waals surface area contributed by atoms with E-state index in [0.29, 0.717) is 0 Å². The molecule has 17 heavy (non-hydrogen) atoms. The molecule has 0 bridgehead atoms. The maximum atomic E-state index is 11.8. The second-order valence-electron chi connectivity index (χ2n) is 4.71. The molecule has 0 aromatic carbocycles. The van der Waals surface area contributed by atoms with E-state index in [1.807, 2.05) is 0 Å². The van der Waals surface area contributed by atoms with Gasteiger partial charge in [-0.15, -0.1) is 0 Å². The molecule has 1 saturated heterocycles. The van der Waals surface area contributed by atoms with Gasteiger partial charge in [0, 0.05) is 0 Å². The van der Waals surface area contributed by atoms with Crippen LogP contribution in [0.5, 0.6) is 0 Å². The maximum Gasteiger partial charge on any atom is 0.339 e. The van der Waals surface area contributed by atoms with E-state index >= 15 is 0 Å². The van der Waals surface area contributed by atoms with Crippen LogP contribution in [0.3, 0.4) is 0 Å². The molecule has 7 heteroatoms. The van der Waals surface area contributed by atoms with Gasteiger partial charge < -0.3 is 15.2 Å². The highest BCUT2D eigenvalue weighted by molar-refractivity contribution is 6.06. The number of urea groups is 1. The lowest BCUT2D eigenvalue weighted by atomic mass is 10.0. The minimum atomic E-state index is -1.91. The molecule has 1 rings (SSSR count). The van der Waals surface area contributed by atoms with Crippen LogP contribution in [0.15, 0.2) is 0 Å². The first kappa shape index (κ1) is 13.4. The molecule has 1 aliphatic heterocycles. The van der Waals surface area contributed by atoms with E-state index in [0.717, 1.165) is 12.0 Å². The number of amides is 3. The van der Waals surface area contributed by atoms with Crippen LogP contribution in [0.4, 0.5) is 4.79 Å². The zero-order chi connectivity index (χ0) is 13.4. The van der Waals surface area contributed by atoms with Gasteiger partial charge >= 0.3 is 12.0 Å². The molecule has 0 saturated carbocycles. The lowest BCUT2D eigenvalue weighted by Gasteiger charge is -2.25. The van der Waals surface area contributed by atoms with Crippen LogP contribution in [-0.4, -0.2) is 52.7 Å². The van der Waals surface area contributed by atoms with Crippen molar-refractivity contribution in [2.45, 2.75) is 31.9 Å². The Kier molecular flexibility index (Phi) is 3.15. The van der Waals surface area contributed by atoms with Gasteiger partial charge in [0.1, 0.15) is 5.54 Å². The fourth-order valence-corrected chi connectivity index (χ4v) is 1.55. The van der Waals surface area contributed by atoms with Gasteiger partial charge in [-0.2, -0.15) is 0 Å². The van der Waals surface area contributed by atoms with E-state index in [4.69, 9.17) is 0 Å². The Labute approximate surface area is 98.7 Å². The summed E-state index contributed by atoms with van der Waals surface area (Å²) in [5.41, 5.74) is -2.94. The van der Waals surface area contributed by atoms with E-state index in [1.165, 1.54) is 6.92 Å². The van der Waals surface area contributed by atoms with Gasteiger partial charge in [-0.3, -0.25) is 9.69 Å². The number of hydrogen-bond acceptors (Lipinski definition) is 5. The second kappa shape index (κ2) is 3.99. The number of esters is 1. The van der Waals surface area contributed by atoms with Crippen LogP contribution in [0.1, 0.15) is 20.8 Å². The van der Waals surface area contributed by atoms with Crippen molar-refractivity contribution in [2.24, 2.45) is 0 Å². The zero-order valence-electron chi connectivity index (χ0n) is 10.2. The van der Waals surface area contributed by atoms with Gasteiger partial charge in [-0.1, -0.05) is 0 Å². The van der Waals surface area contributed by atoms with Gasteiger partial charge in [0.2, 0.25) is 0 Å². The maximum absolute atomic E-state index is 11.8. The molecule has 0 aromatic heterocycles. The average molecular weight is 244 g/mol. The smallest absolute Gasteiger partial charge is 0.339 e.